The molecule has 3 aromatic carbocycles. The molecule has 1 aliphatic heterocycles. The van der Waals surface area contributed by atoms with Gasteiger partial charge in [-0.15, -0.1) is 0 Å². The van der Waals surface area contributed by atoms with Crippen molar-refractivity contribution in [3.8, 4) is 11.3 Å². The highest BCUT2D eigenvalue weighted by Gasteiger charge is 2.30. The Hall–Kier alpha value is -4.12. The summed E-state index contributed by atoms with van der Waals surface area (Å²) in [4.78, 5) is 25.9. The summed E-state index contributed by atoms with van der Waals surface area (Å²) in [6.45, 7) is 0.220. The Morgan fingerprint density at radius 2 is 1.66 bits per heavy atom. The zero-order chi connectivity index (χ0) is 26.1. The van der Waals surface area contributed by atoms with E-state index in [1.807, 2.05) is 54.7 Å². The predicted octanol–water partition coefficient (Wildman–Crippen LogP) is 7.28. The van der Waals surface area contributed by atoms with Crippen molar-refractivity contribution in [3.63, 3.8) is 0 Å². The third kappa shape index (κ3) is 4.43. The van der Waals surface area contributed by atoms with E-state index >= 15 is 0 Å². The molecule has 5 heteroatoms. The molecular weight excluding hydrogens is 474 g/mol. The highest BCUT2D eigenvalue weighted by Crippen LogP contribution is 2.46. The van der Waals surface area contributed by atoms with Gasteiger partial charge in [-0.2, -0.15) is 0 Å². The smallest absolute Gasteiger partial charge is 0.337 e. The Kier molecular flexibility index (Phi) is 6.59. The minimum atomic E-state index is -0.373. The van der Waals surface area contributed by atoms with Gasteiger partial charge in [-0.3, -0.25) is 0 Å². The first-order chi connectivity index (χ1) is 18.6. The molecule has 0 radical (unpaired) electrons. The molecule has 0 spiro atoms. The first kappa shape index (κ1) is 24.2. The van der Waals surface area contributed by atoms with Crippen molar-refractivity contribution >= 4 is 29.0 Å². The van der Waals surface area contributed by atoms with Gasteiger partial charge in [0.1, 0.15) is 6.61 Å². The number of aromatic nitrogens is 1. The Morgan fingerprint density at radius 3 is 2.45 bits per heavy atom. The molecule has 0 unspecified atom stereocenters. The second-order valence-corrected chi connectivity index (χ2v) is 10.2. The lowest BCUT2D eigenvalue weighted by molar-refractivity contribution is -0.140. The second-order valence-electron chi connectivity index (χ2n) is 10.2. The number of carbonyl (C=O) groups excluding carboxylic acids is 2. The van der Waals surface area contributed by atoms with Crippen LogP contribution in [-0.2, 0) is 27.3 Å². The van der Waals surface area contributed by atoms with E-state index in [9.17, 15) is 9.59 Å². The molecule has 0 amide bonds. The van der Waals surface area contributed by atoms with Gasteiger partial charge in [0.2, 0.25) is 0 Å². The molecule has 2 aliphatic rings. The summed E-state index contributed by atoms with van der Waals surface area (Å²) in [5.41, 5.74) is 7.61. The number of methoxy groups -OCH3 is 1. The van der Waals surface area contributed by atoms with Gasteiger partial charge in [0.15, 0.2) is 0 Å². The van der Waals surface area contributed by atoms with Gasteiger partial charge in [-0.1, -0.05) is 79.9 Å². The average molecular weight is 506 g/mol. The highest BCUT2D eigenvalue weighted by atomic mass is 16.5. The van der Waals surface area contributed by atoms with E-state index in [1.54, 1.807) is 0 Å². The van der Waals surface area contributed by atoms with Crippen LogP contribution in [0.2, 0.25) is 0 Å². The summed E-state index contributed by atoms with van der Waals surface area (Å²) < 4.78 is 12.9. The van der Waals surface area contributed by atoms with Gasteiger partial charge >= 0.3 is 11.9 Å². The fourth-order valence-corrected chi connectivity index (χ4v) is 6.05. The molecule has 1 fully saturated rings. The van der Waals surface area contributed by atoms with Crippen molar-refractivity contribution in [3.05, 3.63) is 101 Å². The largest absolute Gasteiger partial charge is 0.465 e. The monoisotopic (exact) mass is 505 g/mol. The SMILES string of the molecule is COC(=O)c1ccc2c(C3CCCCC3)c3n(c2c1)C=C(C(=O)OCc1ccccc1)Cc1ccccc1-3. The normalized spacial score (nSPS) is 15.2. The molecule has 5 nitrogen and oxygen atoms in total. The molecule has 192 valence electrons. The van der Waals surface area contributed by atoms with Crippen molar-refractivity contribution in [2.24, 2.45) is 0 Å². The van der Waals surface area contributed by atoms with Gasteiger partial charge in [-0.25, -0.2) is 9.59 Å². The topological polar surface area (TPSA) is 57.5 Å². The third-order valence-electron chi connectivity index (χ3n) is 7.89. The van der Waals surface area contributed by atoms with Crippen LogP contribution in [0.15, 0.2) is 78.4 Å². The molecule has 0 atom stereocenters. The number of hydrogen-bond donors (Lipinski definition) is 0. The van der Waals surface area contributed by atoms with E-state index in [1.165, 1.54) is 31.9 Å². The first-order valence-electron chi connectivity index (χ1n) is 13.4. The van der Waals surface area contributed by atoms with Crippen LogP contribution in [0.4, 0.5) is 0 Å². The summed E-state index contributed by atoms with van der Waals surface area (Å²) in [7, 11) is 1.40. The van der Waals surface area contributed by atoms with Gasteiger partial charge in [0, 0.05) is 23.6 Å². The number of ether oxygens (including phenoxy) is 2. The number of esters is 2. The minimum Gasteiger partial charge on any atom is -0.465 e. The van der Waals surface area contributed by atoms with Crippen molar-refractivity contribution in [1.29, 1.82) is 0 Å². The average Bonchev–Trinajstić information content (AvgIpc) is 3.18. The van der Waals surface area contributed by atoms with Crippen LogP contribution in [-0.4, -0.2) is 23.6 Å². The highest BCUT2D eigenvalue weighted by molar-refractivity contribution is 6.02. The Balaban J connectivity index is 1.54. The van der Waals surface area contributed by atoms with E-state index < -0.39 is 0 Å². The summed E-state index contributed by atoms with van der Waals surface area (Å²) in [5, 5.41) is 1.13. The van der Waals surface area contributed by atoms with Crippen LogP contribution in [0.1, 0.15) is 65.1 Å². The van der Waals surface area contributed by atoms with E-state index in [0.717, 1.165) is 46.1 Å². The zero-order valence-corrected chi connectivity index (χ0v) is 21.6. The maximum absolute atomic E-state index is 13.4. The molecule has 1 aliphatic carbocycles. The minimum absolute atomic E-state index is 0.220. The third-order valence-corrected chi connectivity index (χ3v) is 7.89. The first-order valence-corrected chi connectivity index (χ1v) is 13.4. The molecular formula is C33H31NO4. The van der Waals surface area contributed by atoms with Crippen LogP contribution in [0.3, 0.4) is 0 Å². The zero-order valence-electron chi connectivity index (χ0n) is 21.6. The maximum Gasteiger partial charge on any atom is 0.337 e. The Bertz CT molecular complexity index is 1540. The number of nitrogens with zero attached hydrogens (tertiary/aromatic N) is 1. The summed E-state index contributed by atoms with van der Waals surface area (Å²) in [6.07, 6.45) is 8.39. The van der Waals surface area contributed by atoms with Crippen molar-refractivity contribution in [2.45, 2.75) is 51.0 Å². The summed E-state index contributed by atoms with van der Waals surface area (Å²) >= 11 is 0. The fraction of sp³-hybridized carbons (Fsp3) is 0.273. The molecule has 38 heavy (non-hydrogen) atoms. The number of carbonyl (C=O) groups is 2. The molecule has 0 saturated heterocycles. The summed E-state index contributed by atoms with van der Waals surface area (Å²) in [5.74, 6) is -0.275. The second kappa shape index (κ2) is 10.3. The van der Waals surface area contributed by atoms with E-state index in [4.69, 9.17) is 9.47 Å². The Morgan fingerprint density at radius 1 is 0.895 bits per heavy atom. The number of fused-ring (bicyclic) bond motifs is 5. The predicted molar refractivity (Wildman–Crippen MR) is 149 cm³/mol. The number of hydrogen-bond acceptors (Lipinski definition) is 4. The van der Waals surface area contributed by atoms with Gasteiger partial charge in [-0.05, 0) is 47.6 Å². The molecule has 1 saturated carbocycles. The summed E-state index contributed by atoms with van der Waals surface area (Å²) in [6, 6.07) is 23.9. The number of rotatable bonds is 5. The van der Waals surface area contributed by atoms with E-state index in [-0.39, 0.29) is 18.5 Å². The molecule has 1 aromatic heterocycles. The van der Waals surface area contributed by atoms with Crippen LogP contribution in [0.25, 0.3) is 28.4 Å². The van der Waals surface area contributed by atoms with Crippen molar-refractivity contribution < 1.29 is 19.1 Å². The molecule has 4 aromatic rings. The van der Waals surface area contributed by atoms with Gasteiger partial charge in [0.05, 0.1) is 29.5 Å². The molecule has 6 rings (SSSR count). The van der Waals surface area contributed by atoms with Crippen LogP contribution < -0.4 is 0 Å². The Labute approximate surface area is 222 Å². The lowest BCUT2D eigenvalue weighted by Gasteiger charge is -2.23. The lowest BCUT2D eigenvalue weighted by Crippen LogP contribution is -2.10. The van der Waals surface area contributed by atoms with E-state index in [2.05, 4.69) is 28.8 Å². The maximum atomic E-state index is 13.4. The van der Waals surface area contributed by atoms with Crippen LogP contribution in [0.5, 0.6) is 0 Å². The van der Waals surface area contributed by atoms with Gasteiger partial charge < -0.3 is 14.0 Å². The van der Waals surface area contributed by atoms with Gasteiger partial charge in [0.25, 0.3) is 0 Å². The van der Waals surface area contributed by atoms with Crippen molar-refractivity contribution in [1.82, 2.24) is 4.57 Å². The van der Waals surface area contributed by atoms with Crippen LogP contribution in [0, 0.1) is 0 Å². The molecule has 2 heterocycles. The number of benzene rings is 3. The van der Waals surface area contributed by atoms with Crippen molar-refractivity contribution in [2.75, 3.05) is 7.11 Å². The molecule has 0 bridgehead atoms. The quantitative estimate of drug-likeness (QED) is 0.267. The molecule has 0 N–H and O–H groups in total. The van der Waals surface area contributed by atoms with E-state index in [0.29, 0.717) is 23.5 Å². The fourth-order valence-electron chi connectivity index (χ4n) is 6.05. The lowest BCUT2D eigenvalue weighted by atomic mass is 9.81. The standard InChI is InChI=1S/C33H31NO4/c1-37-32(35)25-16-17-28-29(19-25)34-20-26(33(36)38-21-22-10-4-2-5-11-22)18-24-14-8-9-15-27(24)31(34)30(28)23-12-6-3-7-13-23/h2,4-5,8-11,14-17,19-20,23H,3,6-7,12-13,18,21H2,1H3. The van der Waals surface area contributed by atoms with Crippen LogP contribution >= 0.6 is 0 Å².